The van der Waals surface area contributed by atoms with E-state index in [1.807, 2.05) is 12.1 Å². The van der Waals surface area contributed by atoms with E-state index < -0.39 is 4.92 Å². The highest BCUT2D eigenvalue weighted by atomic mass is 35.5. The van der Waals surface area contributed by atoms with E-state index in [1.165, 1.54) is 0 Å². The summed E-state index contributed by atoms with van der Waals surface area (Å²) >= 11 is 5.86. The van der Waals surface area contributed by atoms with Crippen molar-refractivity contribution in [2.45, 2.75) is 20.4 Å². The molecule has 0 aliphatic rings. The minimum Gasteiger partial charge on any atom is -0.359 e. The van der Waals surface area contributed by atoms with Crippen molar-refractivity contribution in [3.63, 3.8) is 0 Å². The third-order valence-electron chi connectivity index (χ3n) is 3.53. The molecule has 0 radical (unpaired) electrons. The second-order valence-electron chi connectivity index (χ2n) is 5.12. The van der Waals surface area contributed by atoms with Crippen LogP contribution in [0.3, 0.4) is 0 Å². The molecule has 2 aromatic heterocycles. The normalized spacial score (nSPS) is 10.9. The molecule has 0 atom stereocenters. The van der Waals surface area contributed by atoms with Gasteiger partial charge >= 0.3 is 5.69 Å². The molecule has 0 fully saturated rings. The van der Waals surface area contributed by atoms with Crippen molar-refractivity contribution in [3.8, 4) is 11.3 Å². The van der Waals surface area contributed by atoms with Gasteiger partial charge in [0.1, 0.15) is 23.6 Å². The van der Waals surface area contributed by atoms with Crippen LogP contribution in [0, 0.1) is 24.0 Å². The molecule has 0 saturated heterocycles. The summed E-state index contributed by atoms with van der Waals surface area (Å²) < 4.78 is 6.85. The molecule has 7 nitrogen and oxygen atoms in total. The number of halogens is 1. The fourth-order valence-electron chi connectivity index (χ4n) is 2.40. The number of hydrogen-bond donors (Lipinski definition) is 0. The van der Waals surface area contributed by atoms with E-state index in [4.69, 9.17) is 16.1 Å². The quantitative estimate of drug-likeness (QED) is 0.536. The van der Waals surface area contributed by atoms with Gasteiger partial charge in [-0.25, -0.2) is 0 Å². The lowest BCUT2D eigenvalue weighted by molar-refractivity contribution is -0.386. The molecule has 23 heavy (non-hydrogen) atoms. The lowest BCUT2D eigenvalue weighted by Crippen LogP contribution is -2.03. The molecule has 8 heteroatoms. The van der Waals surface area contributed by atoms with Crippen LogP contribution in [-0.4, -0.2) is 19.9 Å². The van der Waals surface area contributed by atoms with Crippen LogP contribution in [-0.2, 0) is 6.54 Å². The van der Waals surface area contributed by atoms with Gasteiger partial charge < -0.3 is 4.52 Å². The second kappa shape index (κ2) is 5.85. The number of nitro groups is 1. The molecule has 0 saturated carbocycles. The average molecular weight is 333 g/mol. The van der Waals surface area contributed by atoms with E-state index >= 15 is 0 Å². The van der Waals surface area contributed by atoms with Gasteiger partial charge in [-0.05, 0) is 26.0 Å². The zero-order valence-corrected chi connectivity index (χ0v) is 13.2. The Kier molecular flexibility index (Phi) is 3.87. The number of rotatable bonds is 4. The lowest BCUT2D eigenvalue weighted by Gasteiger charge is -1.99. The molecule has 0 N–H and O–H groups in total. The second-order valence-corrected chi connectivity index (χ2v) is 5.56. The van der Waals surface area contributed by atoms with Crippen LogP contribution in [0.4, 0.5) is 5.69 Å². The van der Waals surface area contributed by atoms with Crippen LogP contribution in [0.15, 0.2) is 34.9 Å². The molecule has 3 aromatic rings. The van der Waals surface area contributed by atoms with Gasteiger partial charge in [0, 0.05) is 16.7 Å². The van der Waals surface area contributed by atoms with Crippen molar-refractivity contribution in [1.82, 2.24) is 14.9 Å². The van der Waals surface area contributed by atoms with Gasteiger partial charge in [0.2, 0.25) is 0 Å². The Morgan fingerprint density at radius 2 is 2.00 bits per heavy atom. The SMILES string of the molecule is Cc1nn(Cc2cc(-c3ccc(Cl)cc3)no2)c(C)c1[N+](=O)[O-]. The summed E-state index contributed by atoms with van der Waals surface area (Å²) in [6.07, 6.45) is 0. The average Bonchev–Trinajstić information content (AvgIpc) is 3.05. The number of aromatic nitrogens is 3. The Bertz CT molecular complexity index is 867. The first-order valence-corrected chi connectivity index (χ1v) is 7.23. The summed E-state index contributed by atoms with van der Waals surface area (Å²) in [5.41, 5.74) is 2.45. The van der Waals surface area contributed by atoms with E-state index in [0.29, 0.717) is 27.9 Å². The van der Waals surface area contributed by atoms with Crippen molar-refractivity contribution in [2.75, 3.05) is 0 Å². The summed E-state index contributed by atoms with van der Waals surface area (Å²) in [6.45, 7) is 3.55. The topological polar surface area (TPSA) is 87.0 Å². The summed E-state index contributed by atoms with van der Waals surface area (Å²) in [7, 11) is 0. The van der Waals surface area contributed by atoms with Crippen molar-refractivity contribution in [3.05, 3.63) is 62.6 Å². The Labute approximate surface area is 136 Å². The summed E-state index contributed by atoms with van der Waals surface area (Å²) in [5, 5.41) is 19.9. The van der Waals surface area contributed by atoms with E-state index in [-0.39, 0.29) is 12.2 Å². The van der Waals surface area contributed by atoms with Crippen molar-refractivity contribution in [2.24, 2.45) is 0 Å². The van der Waals surface area contributed by atoms with Crippen molar-refractivity contribution < 1.29 is 9.45 Å². The Morgan fingerprint density at radius 3 is 2.61 bits per heavy atom. The highest BCUT2D eigenvalue weighted by Crippen LogP contribution is 2.24. The summed E-state index contributed by atoms with van der Waals surface area (Å²) in [4.78, 5) is 10.6. The predicted octanol–water partition coefficient (Wildman–Crippen LogP) is 3.76. The Hall–Kier alpha value is -2.67. The number of aryl methyl sites for hydroxylation is 1. The summed E-state index contributed by atoms with van der Waals surface area (Å²) in [5.74, 6) is 0.565. The maximum Gasteiger partial charge on any atom is 0.312 e. The smallest absolute Gasteiger partial charge is 0.312 e. The standard InChI is InChI=1S/C15H13ClN4O3/c1-9-15(20(21)22)10(2)19(17-9)8-13-7-14(18-23-13)11-3-5-12(16)6-4-11/h3-7H,8H2,1-2H3. The summed E-state index contributed by atoms with van der Waals surface area (Å²) in [6, 6.07) is 9.02. The fraction of sp³-hybridized carbons (Fsp3) is 0.200. The molecule has 118 valence electrons. The molecule has 0 aliphatic heterocycles. The highest BCUT2D eigenvalue weighted by molar-refractivity contribution is 6.30. The Morgan fingerprint density at radius 1 is 1.30 bits per heavy atom. The van der Waals surface area contributed by atoms with E-state index in [1.54, 1.807) is 36.7 Å². The van der Waals surface area contributed by atoms with Crippen LogP contribution in [0.2, 0.25) is 5.02 Å². The lowest BCUT2D eigenvalue weighted by atomic mass is 10.1. The van der Waals surface area contributed by atoms with Gasteiger partial charge in [-0.2, -0.15) is 5.10 Å². The van der Waals surface area contributed by atoms with Crippen LogP contribution in [0.1, 0.15) is 17.1 Å². The number of hydrogen-bond acceptors (Lipinski definition) is 5. The van der Waals surface area contributed by atoms with Crippen LogP contribution in [0.5, 0.6) is 0 Å². The fourth-order valence-corrected chi connectivity index (χ4v) is 2.52. The van der Waals surface area contributed by atoms with Crippen LogP contribution in [0.25, 0.3) is 11.3 Å². The highest BCUT2D eigenvalue weighted by Gasteiger charge is 2.22. The molecule has 3 rings (SSSR count). The molecule has 0 amide bonds. The first-order chi connectivity index (χ1) is 11.0. The zero-order chi connectivity index (χ0) is 16.6. The van der Waals surface area contributed by atoms with Gasteiger partial charge in [0.15, 0.2) is 5.76 Å². The van der Waals surface area contributed by atoms with Gasteiger partial charge in [-0.3, -0.25) is 14.8 Å². The molecular weight excluding hydrogens is 320 g/mol. The Balaban J connectivity index is 1.86. The molecule has 1 aromatic carbocycles. The molecule has 0 spiro atoms. The monoisotopic (exact) mass is 332 g/mol. The zero-order valence-electron chi connectivity index (χ0n) is 12.5. The minimum atomic E-state index is -0.423. The van der Waals surface area contributed by atoms with Gasteiger partial charge in [0.05, 0.1) is 4.92 Å². The van der Waals surface area contributed by atoms with Crippen molar-refractivity contribution >= 4 is 17.3 Å². The maximum absolute atomic E-state index is 11.0. The van der Waals surface area contributed by atoms with E-state index in [9.17, 15) is 10.1 Å². The number of nitrogens with zero attached hydrogens (tertiary/aromatic N) is 4. The molecule has 0 bridgehead atoms. The van der Waals surface area contributed by atoms with Gasteiger partial charge in [-0.1, -0.05) is 28.9 Å². The predicted molar refractivity (Wildman–Crippen MR) is 84.4 cm³/mol. The van der Waals surface area contributed by atoms with E-state index in [0.717, 1.165) is 5.56 Å². The molecular formula is C15H13ClN4O3. The molecule has 2 heterocycles. The van der Waals surface area contributed by atoms with Crippen LogP contribution < -0.4 is 0 Å². The van der Waals surface area contributed by atoms with Crippen LogP contribution >= 0.6 is 11.6 Å². The first-order valence-electron chi connectivity index (χ1n) is 6.85. The minimum absolute atomic E-state index is 0.0300. The number of benzene rings is 1. The maximum atomic E-state index is 11.0. The molecule has 0 unspecified atom stereocenters. The first kappa shape index (κ1) is 15.2. The van der Waals surface area contributed by atoms with Gasteiger partial charge in [0.25, 0.3) is 0 Å². The van der Waals surface area contributed by atoms with E-state index in [2.05, 4.69) is 10.3 Å². The van der Waals surface area contributed by atoms with Crippen molar-refractivity contribution in [1.29, 1.82) is 0 Å². The third-order valence-corrected chi connectivity index (χ3v) is 3.78. The van der Waals surface area contributed by atoms with Gasteiger partial charge in [-0.15, -0.1) is 0 Å². The molecule has 0 aliphatic carbocycles. The largest absolute Gasteiger partial charge is 0.359 e. The third kappa shape index (κ3) is 2.95.